The van der Waals surface area contributed by atoms with Crippen molar-refractivity contribution in [1.29, 1.82) is 0 Å². The van der Waals surface area contributed by atoms with Gasteiger partial charge in [-0.15, -0.1) is 0 Å². The second-order valence-electron chi connectivity index (χ2n) is 2.09. The minimum atomic E-state index is -1.23. The van der Waals surface area contributed by atoms with Gasteiger partial charge in [-0.2, -0.15) is 0 Å². The maximum absolute atomic E-state index is 9.14. The molecule has 0 aromatic carbocycles. The van der Waals surface area contributed by atoms with E-state index in [1.807, 2.05) is 0 Å². The molecule has 0 aliphatic carbocycles. The van der Waals surface area contributed by atoms with Crippen LogP contribution in [0.1, 0.15) is 0 Å². The molecule has 0 amide bonds. The standard InChI is InChI=1S/4C3H4O2.Ba.Zn/c4*1-2-3(4)5;;/h4*2H,1H2,(H,4,5);;/q;;;;2*+2/p-4. The molecule has 0 spiro atoms. The summed E-state index contributed by atoms with van der Waals surface area (Å²) in [6, 6.07) is 0. The predicted octanol–water partition coefficient (Wildman–Crippen LogP) is -4.69. The summed E-state index contributed by atoms with van der Waals surface area (Å²) in [5.74, 6) is -4.93. The molecule has 0 aromatic heterocycles. The molecule has 8 nitrogen and oxygen atoms in total. The van der Waals surface area contributed by atoms with Crippen LogP contribution in [0.15, 0.2) is 50.6 Å². The molecule has 22 heavy (non-hydrogen) atoms. The third kappa shape index (κ3) is 125. The Balaban J connectivity index is -0.0000000376. The summed E-state index contributed by atoms with van der Waals surface area (Å²) in [6.45, 7) is 11.6. The van der Waals surface area contributed by atoms with E-state index in [9.17, 15) is 0 Å². The Hall–Kier alpha value is -0.965. The maximum atomic E-state index is 9.14. The molecule has 10 heteroatoms. The van der Waals surface area contributed by atoms with Crippen molar-refractivity contribution >= 4 is 72.8 Å². The third-order valence-corrected chi connectivity index (χ3v) is 0.667. The SMILES string of the molecule is C=CC(=O)[O-].C=CC(=O)[O-].C=CC(=O)[O-].C=CC(=O)[O-].[Ba+2].[Zn+2]. The van der Waals surface area contributed by atoms with E-state index in [0.717, 1.165) is 24.3 Å². The van der Waals surface area contributed by atoms with E-state index in [4.69, 9.17) is 39.6 Å². The molecule has 0 aromatic rings. The van der Waals surface area contributed by atoms with Gasteiger partial charge < -0.3 is 39.6 Å². The average Bonchev–Trinajstić information content (AvgIpc) is 2.40. The van der Waals surface area contributed by atoms with Gasteiger partial charge in [0.25, 0.3) is 0 Å². The Bertz CT molecular complexity index is 307. The van der Waals surface area contributed by atoms with E-state index in [2.05, 4.69) is 26.3 Å². The first-order valence-electron chi connectivity index (χ1n) is 4.42. The molecule has 112 valence electrons. The van der Waals surface area contributed by atoms with Gasteiger partial charge in [0.1, 0.15) is 0 Å². The average molecular weight is 487 g/mol. The summed E-state index contributed by atoms with van der Waals surface area (Å²) in [6.07, 6.45) is 2.89. The fourth-order valence-corrected chi connectivity index (χ4v) is 0. The van der Waals surface area contributed by atoms with Crippen LogP contribution in [0.3, 0.4) is 0 Å². The molecule has 0 saturated heterocycles. The van der Waals surface area contributed by atoms with Crippen molar-refractivity contribution < 1.29 is 59.1 Å². The predicted molar refractivity (Wildman–Crippen MR) is 66.6 cm³/mol. The number of hydrogen-bond donors (Lipinski definition) is 0. The van der Waals surface area contributed by atoms with E-state index in [0.29, 0.717) is 0 Å². The molecular weight excluding hydrogens is 475 g/mol. The molecule has 0 rings (SSSR count). The summed E-state index contributed by atoms with van der Waals surface area (Å²) in [7, 11) is 0. The third-order valence-electron chi connectivity index (χ3n) is 0.667. The largest absolute Gasteiger partial charge is 2.00 e. The van der Waals surface area contributed by atoms with Crippen molar-refractivity contribution in [3.8, 4) is 0 Å². The zero-order chi connectivity index (χ0) is 17.1. The van der Waals surface area contributed by atoms with Gasteiger partial charge in [-0.05, 0) is 24.3 Å². The molecule has 0 bridgehead atoms. The molecule has 0 unspecified atom stereocenters. The first-order chi connectivity index (χ1) is 9.08. The van der Waals surface area contributed by atoms with Crippen molar-refractivity contribution in [2.24, 2.45) is 0 Å². The van der Waals surface area contributed by atoms with E-state index >= 15 is 0 Å². The molecule has 0 fully saturated rings. The topological polar surface area (TPSA) is 161 Å². The first-order valence-corrected chi connectivity index (χ1v) is 4.42. The number of hydrogen-bond acceptors (Lipinski definition) is 8. The Morgan fingerprint density at radius 2 is 0.591 bits per heavy atom. The summed E-state index contributed by atoms with van der Waals surface area (Å²) in [5.41, 5.74) is 0. The maximum Gasteiger partial charge on any atom is 2.00 e. The van der Waals surface area contributed by atoms with Crippen LogP contribution in [0.5, 0.6) is 0 Å². The number of aliphatic carboxylic acids is 4. The van der Waals surface area contributed by atoms with Gasteiger partial charge in [0, 0.05) is 0 Å². The van der Waals surface area contributed by atoms with Crippen LogP contribution in [0.4, 0.5) is 0 Å². The van der Waals surface area contributed by atoms with Crippen molar-refractivity contribution in [1.82, 2.24) is 0 Å². The summed E-state index contributed by atoms with van der Waals surface area (Å²) in [4.78, 5) is 36.6. The molecule has 0 aliphatic rings. The number of carboxylic acid groups (broad SMARTS) is 4. The minimum Gasteiger partial charge on any atom is -0.545 e. The smallest absolute Gasteiger partial charge is 0.545 e. The van der Waals surface area contributed by atoms with Gasteiger partial charge in [0.05, 0.1) is 23.9 Å². The zero-order valence-electron chi connectivity index (χ0n) is 11.8. The second-order valence-corrected chi connectivity index (χ2v) is 2.09. The van der Waals surface area contributed by atoms with Crippen LogP contribution in [0.2, 0.25) is 0 Å². The van der Waals surface area contributed by atoms with Crippen molar-refractivity contribution in [3.63, 3.8) is 0 Å². The molecule has 0 radical (unpaired) electrons. The number of carbonyl (C=O) groups excluding carboxylic acids is 4. The van der Waals surface area contributed by atoms with Crippen LogP contribution in [-0.2, 0) is 38.7 Å². The molecule has 0 N–H and O–H groups in total. The number of carboxylic acids is 4. The molecule has 0 atom stereocenters. The van der Waals surface area contributed by atoms with Gasteiger partial charge in [0.15, 0.2) is 0 Å². The number of rotatable bonds is 4. The summed E-state index contributed by atoms with van der Waals surface area (Å²) < 4.78 is 0. The quantitative estimate of drug-likeness (QED) is 0.283. The monoisotopic (exact) mass is 486 g/mol. The van der Waals surface area contributed by atoms with Crippen LogP contribution < -0.4 is 20.4 Å². The fraction of sp³-hybridized carbons (Fsp3) is 0. The van der Waals surface area contributed by atoms with Gasteiger partial charge in [-0.25, -0.2) is 0 Å². The second kappa shape index (κ2) is 32.1. The Morgan fingerprint density at radius 1 is 0.545 bits per heavy atom. The van der Waals surface area contributed by atoms with Crippen molar-refractivity contribution in [3.05, 3.63) is 50.6 Å². The normalized spacial score (nSPS) is 5.82. The van der Waals surface area contributed by atoms with E-state index in [1.54, 1.807) is 0 Å². The van der Waals surface area contributed by atoms with Gasteiger partial charge in [-0.1, -0.05) is 26.3 Å². The molecule has 0 saturated carbocycles. The van der Waals surface area contributed by atoms with Crippen LogP contribution in [-0.4, -0.2) is 72.8 Å². The van der Waals surface area contributed by atoms with Crippen molar-refractivity contribution in [2.75, 3.05) is 0 Å². The van der Waals surface area contributed by atoms with E-state index < -0.39 is 23.9 Å². The van der Waals surface area contributed by atoms with E-state index in [-0.39, 0.29) is 68.4 Å². The molecule has 0 aliphatic heterocycles. The number of carbonyl (C=O) groups is 4. The first kappa shape index (κ1) is 37.4. The van der Waals surface area contributed by atoms with Gasteiger partial charge in [-0.3, -0.25) is 0 Å². The van der Waals surface area contributed by atoms with E-state index in [1.165, 1.54) is 0 Å². The molecule has 0 heterocycles. The Kier molecular flexibility index (Phi) is 54.5. The van der Waals surface area contributed by atoms with Gasteiger partial charge >= 0.3 is 68.4 Å². The summed E-state index contributed by atoms with van der Waals surface area (Å²) >= 11 is 0. The zero-order valence-corrected chi connectivity index (χ0v) is 19.2. The Labute approximate surface area is 180 Å². The van der Waals surface area contributed by atoms with Crippen molar-refractivity contribution in [2.45, 2.75) is 0 Å². The van der Waals surface area contributed by atoms with Crippen LogP contribution >= 0.6 is 0 Å². The molecular formula is C12H12BaO8Zn. The minimum absolute atomic E-state index is 0. The van der Waals surface area contributed by atoms with Gasteiger partial charge in [0.2, 0.25) is 0 Å². The van der Waals surface area contributed by atoms with Crippen LogP contribution in [0.25, 0.3) is 0 Å². The Morgan fingerprint density at radius 3 is 0.591 bits per heavy atom. The fourth-order valence-electron chi connectivity index (χ4n) is 0. The van der Waals surface area contributed by atoms with Crippen LogP contribution in [0, 0.1) is 0 Å². The summed E-state index contributed by atoms with van der Waals surface area (Å²) in [5, 5.41) is 36.6.